The first kappa shape index (κ1) is 22.2. The summed E-state index contributed by atoms with van der Waals surface area (Å²) in [6.07, 6.45) is 7.75. The SMILES string of the molecule is COc1ccc(S(=O)(=O)Nc2ccc(C(=O)NCCC3=CCCCC3)c(Cl)c2)cc1. The van der Waals surface area contributed by atoms with Gasteiger partial charge in [-0.2, -0.15) is 0 Å². The Labute approximate surface area is 182 Å². The standard InChI is InChI=1S/C22H25ClN2O4S/c1-29-18-8-10-19(11-9-18)30(27,28)25-17-7-12-20(21(23)15-17)22(26)24-14-13-16-5-3-2-4-6-16/h5,7-12,15,25H,2-4,6,13-14H2,1H3,(H,24,26). The van der Waals surface area contributed by atoms with E-state index in [1.807, 2.05) is 0 Å². The molecular formula is C22H25ClN2O4S. The number of carbonyl (C=O) groups excluding carboxylic acids is 1. The van der Waals surface area contributed by atoms with E-state index in [1.54, 1.807) is 12.1 Å². The maximum absolute atomic E-state index is 12.5. The third-order valence-corrected chi connectivity index (χ3v) is 6.66. The number of allylic oxidation sites excluding steroid dienone is 1. The third kappa shape index (κ3) is 5.77. The Balaban J connectivity index is 1.62. The van der Waals surface area contributed by atoms with E-state index in [4.69, 9.17) is 16.3 Å². The molecule has 0 spiro atoms. The van der Waals surface area contributed by atoms with Crippen molar-refractivity contribution in [3.8, 4) is 5.75 Å². The van der Waals surface area contributed by atoms with Gasteiger partial charge in [0, 0.05) is 6.54 Å². The molecule has 0 unspecified atom stereocenters. The van der Waals surface area contributed by atoms with Gasteiger partial charge in [-0.05, 0) is 74.6 Å². The predicted molar refractivity (Wildman–Crippen MR) is 119 cm³/mol. The van der Waals surface area contributed by atoms with E-state index in [0.717, 1.165) is 19.3 Å². The van der Waals surface area contributed by atoms with Crippen LogP contribution in [0, 0.1) is 0 Å². The number of anilines is 1. The maximum Gasteiger partial charge on any atom is 0.261 e. The molecule has 0 bridgehead atoms. The molecule has 0 fully saturated rings. The van der Waals surface area contributed by atoms with Crippen LogP contribution < -0.4 is 14.8 Å². The number of hydrogen-bond donors (Lipinski definition) is 2. The summed E-state index contributed by atoms with van der Waals surface area (Å²) < 4.78 is 32.6. The van der Waals surface area contributed by atoms with Gasteiger partial charge < -0.3 is 10.1 Å². The number of ether oxygens (including phenoxy) is 1. The van der Waals surface area contributed by atoms with Gasteiger partial charge in [0.15, 0.2) is 0 Å². The Morgan fingerprint density at radius 2 is 1.90 bits per heavy atom. The Bertz CT molecular complexity index is 1030. The first-order valence-corrected chi connectivity index (χ1v) is 11.7. The highest BCUT2D eigenvalue weighted by atomic mass is 35.5. The number of methoxy groups -OCH3 is 1. The molecule has 3 rings (SSSR count). The fourth-order valence-corrected chi connectivity index (χ4v) is 4.61. The van der Waals surface area contributed by atoms with Crippen LogP contribution in [0.3, 0.4) is 0 Å². The molecule has 0 saturated carbocycles. The van der Waals surface area contributed by atoms with E-state index in [2.05, 4.69) is 16.1 Å². The molecule has 6 nitrogen and oxygen atoms in total. The van der Waals surface area contributed by atoms with Crippen molar-refractivity contribution in [3.63, 3.8) is 0 Å². The van der Waals surface area contributed by atoms with Gasteiger partial charge in [0.05, 0.1) is 28.3 Å². The summed E-state index contributed by atoms with van der Waals surface area (Å²) in [5, 5.41) is 3.06. The van der Waals surface area contributed by atoms with Crippen LogP contribution in [0.4, 0.5) is 5.69 Å². The number of hydrogen-bond acceptors (Lipinski definition) is 4. The number of halogens is 1. The summed E-state index contributed by atoms with van der Waals surface area (Å²) in [7, 11) is -2.28. The zero-order chi connectivity index (χ0) is 21.6. The second-order valence-corrected chi connectivity index (χ2v) is 9.18. The molecule has 0 atom stereocenters. The van der Waals surface area contributed by atoms with Crippen LogP contribution in [0.15, 0.2) is 59.0 Å². The molecule has 2 aromatic rings. The molecule has 2 N–H and O–H groups in total. The molecular weight excluding hydrogens is 424 g/mol. The minimum absolute atomic E-state index is 0.0956. The van der Waals surface area contributed by atoms with Crippen molar-refractivity contribution in [1.29, 1.82) is 0 Å². The zero-order valence-electron chi connectivity index (χ0n) is 16.8. The van der Waals surface area contributed by atoms with Crippen molar-refractivity contribution < 1.29 is 17.9 Å². The number of nitrogens with one attached hydrogen (secondary N) is 2. The topological polar surface area (TPSA) is 84.5 Å². The number of benzene rings is 2. The number of rotatable bonds is 8. The van der Waals surface area contributed by atoms with Gasteiger partial charge >= 0.3 is 0 Å². The van der Waals surface area contributed by atoms with E-state index >= 15 is 0 Å². The quantitative estimate of drug-likeness (QED) is 0.569. The summed E-state index contributed by atoms with van der Waals surface area (Å²) in [6.45, 7) is 0.548. The van der Waals surface area contributed by atoms with Crippen LogP contribution in [0.1, 0.15) is 42.5 Å². The fourth-order valence-electron chi connectivity index (χ4n) is 3.30. The smallest absolute Gasteiger partial charge is 0.261 e. The molecule has 0 saturated heterocycles. The lowest BCUT2D eigenvalue weighted by Gasteiger charge is -2.14. The van der Waals surface area contributed by atoms with Crippen LogP contribution in [0.2, 0.25) is 5.02 Å². The van der Waals surface area contributed by atoms with Crippen molar-refractivity contribution in [2.75, 3.05) is 18.4 Å². The Hall–Kier alpha value is -2.51. The van der Waals surface area contributed by atoms with Crippen molar-refractivity contribution in [1.82, 2.24) is 5.32 Å². The average molecular weight is 449 g/mol. The molecule has 0 radical (unpaired) electrons. The Morgan fingerprint density at radius 3 is 2.53 bits per heavy atom. The summed E-state index contributed by atoms with van der Waals surface area (Å²) >= 11 is 6.24. The molecule has 30 heavy (non-hydrogen) atoms. The van der Waals surface area contributed by atoms with Gasteiger partial charge in [0.1, 0.15) is 5.75 Å². The fraction of sp³-hybridized carbons (Fsp3) is 0.318. The van der Waals surface area contributed by atoms with Gasteiger partial charge in [0.25, 0.3) is 15.9 Å². The van der Waals surface area contributed by atoms with E-state index in [-0.39, 0.29) is 21.5 Å². The average Bonchev–Trinajstić information content (AvgIpc) is 2.74. The lowest BCUT2D eigenvalue weighted by Crippen LogP contribution is -2.25. The highest BCUT2D eigenvalue weighted by Gasteiger charge is 2.16. The normalized spacial score (nSPS) is 14.0. The highest BCUT2D eigenvalue weighted by molar-refractivity contribution is 7.92. The second kappa shape index (κ2) is 10.00. The van der Waals surface area contributed by atoms with Crippen molar-refractivity contribution in [3.05, 3.63) is 64.7 Å². The van der Waals surface area contributed by atoms with E-state index < -0.39 is 10.0 Å². The molecule has 8 heteroatoms. The minimum Gasteiger partial charge on any atom is -0.497 e. The van der Waals surface area contributed by atoms with Gasteiger partial charge in [-0.1, -0.05) is 23.3 Å². The highest BCUT2D eigenvalue weighted by Crippen LogP contribution is 2.24. The van der Waals surface area contributed by atoms with Crippen LogP contribution in [-0.2, 0) is 10.0 Å². The van der Waals surface area contributed by atoms with Gasteiger partial charge in [-0.15, -0.1) is 0 Å². The summed E-state index contributed by atoms with van der Waals surface area (Å²) in [5.74, 6) is 0.285. The summed E-state index contributed by atoms with van der Waals surface area (Å²) in [4.78, 5) is 12.5. The van der Waals surface area contributed by atoms with Crippen LogP contribution in [0.5, 0.6) is 5.75 Å². The lowest BCUT2D eigenvalue weighted by atomic mass is 9.97. The largest absolute Gasteiger partial charge is 0.497 e. The number of carbonyl (C=O) groups is 1. The summed E-state index contributed by atoms with van der Waals surface area (Å²) in [5.41, 5.74) is 1.97. The predicted octanol–water partition coefficient (Wildman–Crippen LogP) is 4.77. The second-order valence-electron chi connectivity index (χ2n) is 7.09. The van der Waals surface area contributed by atoms with E-state index in [9.17, 15) is 13.2 Å². The monoisotopic (exact) mass is 448 g/mol. The van der Waals surface area contributed by atoms with Crippen LogP contribution in [0.25, 0.3) is 0 Å². The minimum atomic E-state index is -3.79. The molecule has 2 aromatic carbocycles. The molecule has 0 aromatic heterocycles. The van der Waals surface area contributed by atoms with Crippen LogP contribution in [-0.4, -0.2) is 28.0 Å². The van der Waals surface area contributed by atoms with Gasteiger partial charge in [0.2, 0.25) is 0 Å². The van der Waals surface area contributed by atoms with Crippen molar-refractivity contribution in [2.45, 2.75) is 37.0 Å². The molecule has 160 valence electrons. The van der Waals surface area contributed by atoms with Crippen molar-refractivity contribution in [2.24, 2.45) is 0 Å². The van der Waals surface area contributed by atoms with Crippen LogP contribution >= 0.6 is 11.6 Å². The van der Waals surface area contributed by atoms with Crippen molar-refractivity contribution >= 4 is 33.2 Å². The summed E-state index contributed by atoms with van der Waals surface area (Å²) in [6, 6.07) is 10.5. The molecule has 1 aliphatic carbocycles. The van der Waals surface area contributed by atoms with E-state index in [0.29, 0.717) is 17.9 Å². The first-order valence-electron chi connectivity index (χ1n) is 9.81. The lowest BCUT2D eigenvalue weighted by molar-refractivity contribution is 0.0954. The first-order chi connectivity index (χ1) is 14.4. The molecule has 0 heterocycles. The van der Waals surface area contributed by atoms with E-state index in [1.165, 1.54) is 55.9 Å². The third-order valence-electron chi connectivity index (χ3n) is 4.95. The maximum atomic E-state index is 12.5. The van der Waals surface area contributed by atoms with Gasteiger partial charge in [-0.25, -0.2) is 8.42 Å². The number of sulfonamides is 1. The molecule has 1 amide bonds. The zero-order valence-corrected chi connectivity index (χ0v) is 18.4. The molecule has 1 aliphatic rings. The number of amides is 1. The van der Waals surface area contributed by atoms with Gasteiger partial charge in [-0.3, -0.25) is 9.52 Å². The molecule has 0 aliphatic heterocycles. The Morgan fingerprint density at radius 1 is 1.13 bits per heavy atom. The Kier molecular flexibility index (Phi) is 7.39.